The molecule has 1 atom stereocenters. The van der Waals surface area contributed by atoms with Gasteiger partial charge in [0.2, 0.25) is 5.82 Å². The van der Waals surface area contributed by atoms with Gasteiger partial charge in [-0.25, -0.2) is 0 Å². The monoisotopic (exact) mass is 310 g/mol. The smallest absolute Gasteiger partial charge is 0.267 e. The van der Waals surface area contributed by atoms with Crippen molar-refractivity contribution in [3.05, 3.63) is 60.0 Å². The Morgan fingerprint density at radius 1 is 1.04 bits per heavy atom. The number of aromatic nitrogens is 2. The second-order valence-electron chi connectivity index (χ2n) is 5.26. The van der Waals surface area contributed by atoms with Crippen molar-refractivity contribution in [1.82, 2.24) is 10.1 Å². The van der Waals surface area contributed by atoms with Gasteiger partial charge >= 0.3 is 0 Å². The lowest BCUT2D eigenvalue weighted by Gasteiger charge is -2.10. The van der Waals surface area contributed by atoms with E-state index in [0.717, 1.165) is 22.6 Å². The first-order valence-electron chi connectivity index (χ1n) is 7.37. The van der Waals surface area contributed by atoms with Crippen LogP contribution in [0.15, 0.2) is 53.1 Å². The highest BCUT2D eigenvalue weighted by Gasteiger charge is 2.17. The number of methoxy groups -OCH3 is 1. The van der Waals surface area contributed by atoms with Gasteiger partial charge in [-0.05, 0) is 43.7 Å². The van der Waals surface area contributed by atoms with E-state index in [1.807, 2.05) is 62.4 Å². The largest absolute Gasteiger partial charge is 0.497 e. The SMILES string of the molecule is COc1cccc(-c2noc(C(C)Oc3cccc(C)c3)n2)c1. The zero-order chi connectivity index (χ0) is 16.2. The van der Waals surface area contributed by atoms with E-state index in [1.54, 1.807) is 7.11 Å². The normalized spacial score (nSPS) is 12.0. The second-order valence-corrected chi connectivity index (χ2v) is 5.26. The van der Waals surface area contributed by atoms with E-state index in [2.05, 4.69) is 10.1 Å². The van der Waals surface area contributed by atoms with Crippen LogP contribution >= 0.6 is 0 Å². The second kappa shape index (κ2) is 6.52. The summed E-state index contributed by atoms with van der Waals surface area (Å²) in [5.74, 6) is 2.47. The summed E-state index contributed by atoms with van der Waals surface area (Å²) in [7, 11) is 1.62. The summed E-state index contributed by atoms with van der Waals surface area (Å²) >= 11 is 0. The maximum Gasteiger partial charge on any atom is 0.267 e. The molecule has 0 N–H and O–H groups in total. The average Bonchev–Trinajstić information content (AvgIpc) is 3.05. The summed E-state index contributed by atoms with van der Waals surface area (Å²) in [4.78, 5) is 4.42. The topological polar surface area (TPSA) is 57.4 Å². The van der Waals surface area contributed by atoms with Crippen LogP contribution < -0.4 is 9.47 Å². The van der Waals surface area contributed by atoms with Gasteiger partial charge in [-0.15, -0.1) is 0 Å². The van der Waals surface area contributed by atoms with Crippen molar-refractivity contribution < 1.29 is 14.0 Å². The van der Waals surface area contributed by atoms with Gasteiger partial charge in [0.25, 0.3) is 5.89 Å². The number of hydrogen-bond acceptors (Lipinski definition) is 5. The van der Waals surface area contributed by atoms with Crippen LogP contribution in [0.3, 0.4) is 0 Å². The number of nitrogens with zero attached hydrogens (tertiary/aromatic N) is 2. The van der Waals surface area contributed by atoms with Gasteiger partial charge in [-0.2, -0.15) is 4.98 Å². The van der Waals surface area contributed by atoms with Crippen LogP contribution in [0.2, 0.25) is 0 Å². The molecule has 0 spiro atoms. The van der Waals surface area contributed by atoms with E-state index in [-0.39, 0.29) is 6.10 Å². The lowest BCUT2D eigenvalue weighted by atomic mass is 10.2. The molecular formula is C18H18N2O3. The molecule has 0 saturated heterocycles. The van der Waals surface area contributed by atoms with Crippen LogP contribution in [0.1, 0.15) is 24.5 Å². The third kappa shape index (κ3) is 3.51. The molecular weight excluding hydrogens is 292 g/mol. The van der Waals surface area contributed by atoms with Crippen LogP contribution in [0.25, 0.3) is 11.4 Å². The minimum absolute atomic E-state index is 0.330. The van der Waals surface area contributed by atoms with Crippen molar-refractivity contribution in [2.45, 2.75) is 20.0 Å². The molecule has 0 aliphatic carbocycles. The first kappa shape index (κ1) is 15.1. The summed E-state index contributed by atoms with van der Waals surface area (Å²) < 4.78 is 16.4. The van der Waals surface area contributed by atoms with E-state index >= 15 is 0 Å². The Morgan fingerprint density at radius 3 is 2.61 bits per heavy atom. The summed E-state index contributed by atoms with van der Waals surface area (Å²) in [6, 6.07) is 15.4. The molecule has 2 aromatic carbocycles. The van der Waals surface area contributed by atoms with Gasteiger partial charge in [0.15, 0.2) is 6.10 Å². The predicted molar refractivity (Wildman–Crippen MR) is 86.5 cm³/mol. The maximum absolute atomic E-state index is 5.85. The van der Waals surface area contributed by atoms with Crippen LogP contribution in [-0.4, -0.2) is 17.3 Å². The molecule has 1 aromatic heterocycles. The quantitative estimate of drug-likeness (QED) is 0.707. The molecule has 0 fully saturated rings. The van der Waals surface area contributed by atoms with E-state index in [0.29, 0.717) is 11.7 Å². The van der Waals surface area contributed by atoms with Gasteiger partial charge in [0.05, 0.1) is 7.11 Å². The lowest BCUT2D eigenvalue weighted by Crippen LogP contribution is -2.03. The highest BCUT2D eigenvalue weighted by molar-refractivity contribution is 5.56. The van der Waals surface area contributed by atoms with Gasteiger partial charge < -0.3 is 14.0 Å². The molecule has 1 unspecified atom stereocenters. The Bertz CT molecular complexity index is 798. The highest BCUT2D eigenvalue weighted by Crippen LogP contribution is 2.25. The van der Waals surface area contributed by atoms with Crippen molar-refractivity contribution >= 4 is 0 Å². The number of ether oxygens (including phenoxy) is 2. The number of aryl methyl sites for hydroxylation is 1. The molecule has 0 aliphatic heterocycles. The fraction of sp³-hybridized carbons (Fsp3) is 0.222. The molecule has 5 heteroatoms. The van der Waals surface area contributed by atoms with Crippen molar-refractivity contribution in [2.24, 2.45) is 0 Å². The Morgan fingerprint density at radius 2 is 1.83 bits per heavy atom. The number of hydrogen-bond donors (Lipinski definition) is 0. The molecule has 0 radical (unpaired) electrons. The Labute approximate surface area is 134 Å². The Hall–Kier alpha value is -2.82. The molecule has 23 heavy (non-hydrogen) atoms. The third-order valence-corrected chi connectivity index (χ3v) is 3.42. The Balaban J connectivity index is 1.78. The van der Waals surface area contributed by atoms with Crippen molar-refractivity contribution in [2.75, 3.05) is 7.11 Å². The standard InChI is InChI=1S/C18H18N2O3/c1-12-6-4-9-16(10-12)22-13(2)18-19-17(20-23-18)14-7-5-8-15(11-14)21-3/h4-11,13H,1-3H3. The minimum atomic E-state index is -0.330. The lowest BCUT2D eigenvalue weighted by molar-refractivity contribution is 0.175. The molecule has 0 bridgehead atoms. The predicted octanol–water partition coefficient (Wildman–Crippen LogP) is 4.19. The average molecular weight is 310 g/mol. The maximum atomic E-state index is 5.85. The molecule has 3 aromatic rings. The van der Waals surface area contributed by atoms with E-state index < -0.39 is 0 Å². The van der Waals surface area contributed by atoms with Crippen molar-refractivity contribution in [3.63, 3.8) is 0 Å². The zero-order valence-corrected chi connectivity index (χ0v) is 13.3. The molecule has 118 valence electrons. The van der Waals surface area contributed by atoms with Gasteiger partial charge in [-0.1, -0.05) is 29.4 Å². The fourth-order valence-corrected chi connectivity index (χ4v) is 2.22. The molecule has 0 aliphatic rings. The van der Waals surface area contributed by atoms with Gasteiger partial charge in [0, 0.05) is 5.56 Å². The molecule has 0 saturated carbocycles. The fourth-order valence-electron chi connectivity index (χ4n) is 2.22. The van der Waals surface area contributed by atoms with Gasteiger partial charge in [0.1, 0.15) is 11.5 Å². The van der Waals surface area contributed by atoms with E-state index in [1.165, 1.54) is 0 Å². The first-order chi connectivity index (χ1) is 11.2. The summed E-state index contributed by atoms with van der Waals surface area (Å²) in [5.41, 5.74) is 1.97. The van der Waals surface area contributed by atoms with Crippen LogP contribution in [0.5, 0.6) is 11.5 Å². The Kier molecular flexibility index (Phi) is 4.28. The molecule has 0 amide bonds. The number of rotatable bonds is 5. The summed E-state index contributed by atoms with van der Waals surface area (Å²) in [6.45, 7) is 3.90. The third-order valence-electron chi connectivity index (χ3n) is 3.42. The van der Waals surface area contributed by atoms with Crippen LogP contribution in [0.4, 0.5) is 0 Å². The van der Waals surface area contributed by atoms with Gasteiger partial charge in [-0.3, -0.25) is 0 Å². The molecule has 5 nitrogen and oxygen atoms in total. The highest BCUT2D eigenvalue weighted by atomic mass is 16.5. The summed E-state index contributed by atoms with van der Waals surface area (Å²) in [6.07, 6.45) is -0.330. The molecule has 3 rings (SSSR count). The summed E-state index contributed by atoms with van der Waals surface area (Å²) in [5, 5.41) is 4.02. The minimum Gasteiger partial charge on any atom is -0.497 e. The van der Waals surface area contributed by atoms with Crippen molar-refractivity contribution in [1.29, 1.82) is 0 Å². The van der Waals surface area contributed by atoms with Crippen LogP contribution in [0, 0.1) is 6.92 Å². The number of benzene rings is 2. The zero-order valence-electron chi connectivity index (χ0n) is 13.3. The van der Waals surface area contributed by atoms with E-state index in [4.69, 9.17) is 14.0 Å². The van der Waals surface area contributed by atoms with E-state index in [9.17, 15) is 0 Å². The molecule has 1 heterocycles. The van der Waals surface area contributed by atoms with Crippen LogP contribution in [-0.2, 0) is 0 Å². The van der Waals surface area contributed by atoms with Crippen molar-refractivity contribution in [3.8, 4) is 22.9 Å². The first-order valence-corrected chi connectivity index (χ1v) is 7.37.